The molecule has 6 nitrogen and oxygen atoms in total. The van der Waals surface area contributed by atoms with Gasteiger partial charge in [0.15, 0.2) is 11.6 Å². The summed E-state index contributed by atoms with van der Waals surface area (Å²) in [6.45, 7) is 15.2. The molecule has 40 heavy (non-hydrogen) atoms. The standard InChI is InChI=1S/C17H26O3.C17H24O3/c2*1-11(7-5-6-10-18)8-9-15-14(4)16(19)12(2)13(3)17(15)20/h8,18-20H,5-7,9-10H2,1-4H3;8,18H,5-7,9-10H2,1-4H3/b2*11-8+. The van der Waals surface area contributed by atoms with Crippen molar-refractivity contribution in [2.75, 3.05) is 13.2 Å². The van der Waals surface area contributed by atoms with E-state index in [1.165, 1.54) is 11.1 Å². The second-order valence-electron chi connectivity index (χ2n) is 10.9. The van der Waals surface area contributed by atoms with Crippen molar-refractivity contribution < 1.29 is 30.0 Å². The normalized spacial score (nSPS) is 14.7. The highest BCUT2D eigenvalue weighted by Gasteiger charge is 2.26. The SMILES string of the molecule is C/C(=C\Cc1c(C)c(O)c(C)c(C)c1O)CCCCO.CC1=C(C)C(=O)C(C/C=C(\C)CCCCO)=C(C)C1=O. The van der Waals surface area contributed by atoms with Gasteiger partial charge in [-0.15, -0.1) is 0 Å². The highest BCUT2D eigenvalue weighted by atomic mass is 16.3. The van der Waals surface area contributed by atoms with Crippen molar-refractivity contribution in [2.24, 2.45) is 0 Å². The molecule has 0 aliphatic heterocycles. The molecule has 0 spiro atoms. The molecule has 6 heteroatoms. The molecule has 0 aromatic heterocycles. The predicted octanol–water partition coefficient (Wildman–Crippen LogP) is 6.96. The van der Waals surface area contributed by atoms with Crippen molar-refractivity contribution in [1.82, 2.24) is 0 Å². The Morgan fingerprint density at radius 1 is 0.600 bits per heavy atom. The van der Waals surface area contributed by atoms with Gasteiger partial charge >= 0.3 is 0 Å². The molecule has 1 aliphatic carbocycles. The Hall–Kier alpha value is -2.96. The first-order valence-corrected chi connectivity index (χ1v) is 14.3. The van der Waals surface area contributed by atoms with Crippen LogP contribution in [0.2, 0.25) is 0 Å². The Morgan fingerprint density at radius 3 is 1.55 bits per heavy atom. The molecule has 1 aromatic rings. The summed E-state index contributed by atoms with van der Waals surface area (Å²) in [7, 11) is 0. The lowest BCUT2D eigenvalue weighted by atomic mass is 9.84. The van der Waals surface area contributed by atoms with Gasteiger partial charge in [-0.25, -0.2) is 0 Å². The van der Waals surface area contributed by atoms with Crippen molar-refractivity contribution in [1.29, 1.82) is 0 Å². The zero-order valence-corrected chi connectivity index (χ0v) is 25.8. The van der Waals surface area contributed by atoms with E-state index in [-0.39, 0.29) is 36.3 Å². The topological polar surface area (TPSA) is 115 Å². The van der Waals surface area contributed by atoms with Gasteiger partial charge in [-0.3, -0.25) is 9.59 Å². The molecular weight excluding hydrogens is 504 g/mol. The van der Waals surface area contributed by atoms with Crippen molar-refractivity contribution in [2.45, 2.75) is 107 Å². The molecule has 0 atom stereocenters. The van der Waals surface area contributed by atoms with Gasteiger partial charge in [0.1, 0.15) is 11.5 Å². The zero-order chi connectivity index (χ0) is 30.6. The number of carbonyl (C=O) groups excluding carboxylic acids is 2. The second kappa shape index (κ2) is 17.0. The molecule has 4 N–H and O–H groups in total. The van der Waals surface area contributed by atoms with Gasteiger partial charge in [-0.05, 0) is 123 Å². The largest absolute Gasteiger partial charge is 0.507 e. The third kappa shape index (κ3) is 9.60. The van der Waals surface area contributed by atoms with Crippen LogP contribution in [0.4, 0.5) is 0 Å². The van der Waals surface area contributed by atoms with Crippen molar-refractivity contribution >= 4 is 11.6 Å². The summed E-state index contributed by atoms with van der Waals surface area (Å²) < 4.78 is 0. The minimum Gasteiger partial charge on any atom is -0.507 e. The number of carbonyl (C=O) groups is 2. The second-order valence-corrected chi connectivity index (χ2v) is 10.9. The number of hydrogen-bond acceptors (Lipinski definition) is 6. The van der Waals surface area contributed by atoms with Gasteiger partial charge in [-0.2, -0.15) is 0 Å². The van der Waals surface area contributed by atoms with Gasteiger partial charge in [0.25, 0.3) is 0 Å². The number of ketones is 2. The molecule has 0 radical (unpaired) electrons. The van der Waals surface area contributed by atoms with Gasteiger partial charge in [0.2, 0.25) is 0 Å². The summed E-state index contributed by atoms with van der Waals surface area (Å²) in [5, 5.41) is 37.8. The highest BCUT2D eigenvalue weighted by Crippen LogP contribution is 2.36. The number of aliphatic hydroxyl groups excluding tert-OH is 2. The van der Waals surface area contributed by atoms with Crippen molar-refractivity contribution in [3.63, 3.8) is 0 Å². The van der Waals surface area contributed by atoms with Gasteiger partial charge in [-0.1, -0.05) is 23.3 Å². The molecule has 0 fully saturated rings. The average molecular weight is 555 g/mol. The first-order chi connectivity index (χ1) is 18.8. The number of rotatable bonds is 12. The molecule has 1 aliphatic rings. The number of aliphatic hydroxyl groups is 2. The van der Waals surface area contributed by atoms with E-state index in [1.54, 1.807) is 20.8 Å². The van der Waals surface area contributed by atoms with Crippen LogP contribution < -0.4 is 0 Å². The Bertz CT molecular complexity index is 1160. The number of hydrogen-bond donors (Lipinski definition) is 4. The molecule has 0 heterocycles. The molecule has 0 saturated heterocycles. The van der Waals surface area contributed by atoms with E-state index < -0.39 is 0 Å². The molecule has 0 amide bonds. The number of benzene rings is 1. The summed E-state index contributed by atoms with van der Waals surface area (Å²) in [5.41, 5.74) is 7.83. The van der Waals surface area contributed by atoms with E-state index in [0.29, 0.717) is 35.1 Å². The molecule has 1 aromatic carbocycles. The fraction of sp³-hybridized carbons (Fsp3) is 0.529. The molecule has 0 saturated carbocycles. The third-order valence-electron chi connectivity index (χ3n) is 7.95. The minimum absolute atomic E-state index is 0.000918. The van der Waals surface area contributed by atoms with Crippen molar-refractivity contribution in [3.8, 4) is 11.5 Å². The Balaban J connectivity index is 0.000000400. The van der Waals surface area contributed by atoms with Gasteiger partial charge in [0.05, 0.1) is 0 Å². The lowest BCUT2D eigenvalue weighted by Crippen LogP contribution is -2.20. The van der Waals surface area contributed by atoms with E-state index >= 15 is 0 Å². The van der Waals surface area contributed by atoms with E-state index in [2.05, 4.69) is 13.0 Å². The lowest BCUT2D eigenvalue weighted by Gasteiger charge is -2.17. The zero-order valence-electron chi connectivity index (χ0n) is 25.8. The maximum Gasteiger partial charge on any atom is 0.185 e. The highest BCUT2D eigenvalue weighted by molar-refractivity contribution is 6.24. The number of unbranched alkanes of at least 4 members (excludes halogenated alkanes) is 2. The first kappa shape index (κ1) is 35.1. The molecular formula is C34H50O6. The monoisotopic (exact) mass is 554 g/mol. The number of allylic oxidation sites excluding steroid dienone is 8. The Labute approximate surface area is 240 Å². The predicted molar refractivity (Wildman–Crippen MR) is 163 cm³/mol. The van der Waals surface area contributed by atoms with Crippen LogP contribution in [0.25, 0.3) is 0 Å². The van der Waals surface area contributed by atoms with Crippen LogP contribution in [0.15, 0.2) is 45.6 Å². The maximum absolute atomic E-state index is 12.2. The smallest absolute Gasteiger partial charge is 0.185 e. The molecule has 0 bridgehead atoms. The molecule has 0 unspecified atom stereocenters. The summed E-state index contributed by atoms with van der Waals surface area (Å²) in [6.07, 6.45) is 10.7. The number of Topliss-reactive ketones (excluding diaryl/α,β-unsaturated/α-hetero) is 2. The third-order valence-corrected chi connectivity index (χ3v) is 7.95. The number of phenolic OH excluding ortho intramolecular Hbond substituents is 2. The summed E-state index contributed by atoms with van der Waals surface area (Å²) in [6, 6.07) is 0. The Morgan fingerprint density at radius 2 is 1.05 bits per heavy atom. The van der Waals surface area contributed by atoms with E-state index in [9.17, 15) is 19.8 Å². The summed E-state index contributed by atoms with van der Waals surface area (Å²) >= 11 is 0. The van der Waals surface area contributed by atoms with Crippen LogP contribution in [-0.4, -0.2) is 45.2 Å². The fourth-order valence-corrected chi connectivity index (χ4v) is 4.62. The minimum atomic E-state index is -0.0107. The van der Waals surface area contributed by atoms with Gasteiger partial charge < -0.3 is 20.4 Å². The van der Waals surface area contributed by atoms with Crippen LogP contribution in [0.1, 0.15) is 102 Å². The van der Waals surface area contributed by atoms with Crippen LogP contribution in [0.5, 0.6) is 11.5 Å². The van der Waals surface area contributed by atoms with Crippen LogP contribution >= 0.6 is 0 Å². The van der Waals surface area contributed by atoms with E-state index in [4.69, 9.17) is 10.2 Å². The van der Waals surface area contributed by atoms with Crippen LogP contribution in [0.3, 0.4) is 0 Å². The van der Waals surface area contributed by atoms with Gasteiger partial charge in [0, 0.05) is 41.1 Å². The molecule has 222 valence electrons. The Kier molecular flexibility index (Phi) is 14.9. The lowest BCUT2D eigenvalue weighted by molar-refractivity contribution is -0.116. The quantitative estimate of drug-likeness (QED) is 0.0960. The van der Waals surface area contributed by atoms with Crippen LogP contribution in [0, 0.1) is 20.8 Å². The summed E-state index contributed by atoms with van der Waals surface area (Å²) in [5.74, 6) is 0.557. The van der Waals surface area contributed by atoms with E-state index in [0.717, 1.165) is 60.8 Å². The summed E-state index contributed by atoms with van der Waals surface area (Å²) in [4.78, 5) is 24.3. The number of aromatic hydroxyl groups is 2. The maximum atomic E-state index is 12.2. The average Bonchev–Trinajstić information content (AvgIpc) is 2.93. The van der Waals surface area contributed by atoms with Crippen LogP contribution in [-0.2, 0) is 16.0 Å². The number of phenols is 2. The fourth-order valence-electron chi connectivity index (χ4n) is 4.62. The van der Waals surface area contributed by atoms with E-state index in [1.807, 2.05) is 33.8 Å². The first-order valence-electron chi connectivity index (χ1n) is 14.3. The van der Waals surface area contributed by atoms with Crippen molar-refractivity contribution in [3.05, 3.63) is 67.8 Å². The molecule has 2 rings (SSSR count).